The number of anilines is 2. The van der Waals surface area contributed by atoms with Crippen molar-refractivity contribution in [2.75, 3.05) is 11.5 Å². The summed E-state index contributed by atoms with van der Waals surface area (Å²) in [6.45, 7) is -2.19. The monoisotopic (exact) mass is 396 g/mol. The molecule has 0 N–H and O–H groups in total. The Hall–Kier alpha value is -2.99. The van der Waals surface area contributed by atoms with Crippen molar-refractivity contribution >= 4 is 11.4 Å². The van der Waals surface area contributed by atoms with Crippen molar-refractivity contribution in [1.29, 1.82) is 0 Å². The van der Waals surface area contributed by atoms with Gasteiger partial charge >= 0.3 is 6.61 Å². The van der Waals surface area contributed by atoms with Gasteiger partial charge in [0.25, 0.3) is 0 Å². The predicted molar refractivity (Wildman–Crippen MR) is 107 cm³/mol. The number of pyridine rings is 1. The number of aromatic nitrogens is 1. The first-order valence-corrected chi connectivity index (χ1v) is 9.61. The van der Waals surface area contributed by atoms with Gasteiger partial charge in [-0.2, -0.15) is 8.78 Å². The first-order valence-electron chi connectivity index (χ1n) is 9.61. The van der Waals surface area contributed by atoms with E-state index in [0.29, 0.717) is 12.5 Å². The zero-order valence-electron chi connectivity index (χ0n) is 15.8. The molecule has 1 saturated carbocycles. The molecule has 6 heteroatoms. The van der Waals surface area contributed by atoms with Crippen LogP contribution in [0.2, 0.25) is 0 Å². The van der Waals surface area contributed by atoms with E-state index >= 15 is 0 Å². The number of benzene rings is 2. The molecule has 0 radical (unpaired) electrons. The minimum absolute atomic E-state index is 0.119. The summed E-state index contributed by atoms with van der Waals surface area (Å²) in [5.74, 6) is 0.710. The number of ether oxygens (including phenoxy) is 2. The smallest absolute Gasteiger partial charge is 0.387 e. The van der Waals surface area contributed by atoms with Gasteiger partial charge in [-0.25, -0.2) is 0 Å². The second kappa shape index (κ2) is 9.01. The van der Waals surface area contributed by atoms with Gasteiger partial charge in [-0.15, -0.1) is 0 Å². The summed E-state index contributed by atoms with van der Waals surface area (Å²) in [6, 6.07) is 20.3. The van der Waals surface area contributed by atoms with E-state index in [1.54, 1.807) is 36.7 Å². The van der Waals surface area contributed by atoms with E-state index < -0.39 is 12.8 Å². The first kappa shape index (κ1) is 19.3. The first-order chi connectivity index (χ1) is 14.2. The topological polar surface area (TPSA) is 34.6 Å². The molecule has 0 bridgehead atoms. The highest BCUT2D eigenvalue weighted by Gasteiger charge is 2.28. The normalized spacial score (nSPS) is 14.6. The summed E-state index contributed by atoms with van der Waals surface area (Å²) in [5.41, 5.74) is 2.66. The predicted octanol–water partition coefficient (Wildman–Crippen LogP) is 5.95. The van der Waals surface area contributed by atoms with E-state index in [-0.39, 0.29) is 5.75 Å². The standard InChI is InChI=1S/C23H22F2N2O2/c24-23(25)29-21-12-10-20(11-13-21)27(19-6-2-1-3-7-19)22(28-16-17-8-9-17)18-5-4-14-26-15-18/h1-7,10-15,17,22-23H,8-9,16H2. The molecule has 2 aromatic carbocycles. The summed E-state index contributed by atoms with van der Waals surface area (Å²) < 4.78 is 35.9. The maximum atomic E-state index is 12.5. The van der Waals surface area contributed by atoms with E-state index in [4.69, 9.17) is 4.74 Å². The Morgan fingerprint density at radius 3 is 2.28 bits per heavy atom. The lowest BCUT2D eigenvalue weighted by molar-refractivity contribution is -0.0498. The van der Waals surface area contributed by atoms with Crippen LogP contribution < -0.4 is 9.64 Å². The highest BCUT2D eigenvalue weighted by atomic mass is 19.3. The van der Waals surface area contributed by atoms with Crippen LogP contribution in [0.3, 0.4) is 0 Å². The molecule has 0 amide bonds. The Kier molecular flexibility index (Phi) is 6.00. The molecule has 1 aliphatic carbocycles. The Morgan fingerprint density at radius 1 is 0.931 bits per heavy atom. The summed E-state index contributed by atoms with van der Waals surface area (Å²) in [5, 5.41) is 0. The average molecular weight is 396 g/mol. The molecule has 1 heterocycles. The third-order valence-corrected chi connectivity index (χ3v) is 4.77. The number of hydrogen-bond acceptors (Lipinski definition) is 4. The van der Waals surface area contributed by atoms with E-state index in [0.717, 1.165) is 16.9 Å². The fourth-order valence-electron chi connectivity index (χ4n) is 3.15. The van der Waals surface area contributed by atoms with Crippen LogP contribution in [0.25, 0.3) is 0 Å². The SMILES string of the molecule is FC(F)Oc1ccc(N(c2ccccc2)C(OCC2CC2)c2cccnc2)cc1. The molecule has 4 rings (SSSR count). The van der Waals surface area contributed by atoms with Gasteiger partial charge in [-0.05, 0) is 61.2 Å². The van der Waals surface area contributed by atoms with Gasteiger partial charge in [0.2, 0.25) is 0 Å². The molecule has 1 fully saturated rings. The molecule has 3 aromatic rings. The molecule has 1 aromatic heterocycles. The zero-order valence-corrected chi connectivity index (χ0v) is 15.8. The summed E-state index contributed by atoms with van der Waals surface area (Å²) in [7, 11) is 0. The number of hydrogen-bond donors (Lipinski definition) is 0. The minimum atomic E-state index is -2.85. The fraction of sp³-hybridized carbons (Fsp3) is 0.261. The molecule has 1 unspecified atom stereocenters. The third-order valence-electron chi connectivity index (χ3n) is 4.77. The van der Waals surface area contributed by atoms with Crippen LogP contribution in [0, 0.1) is 5.92 Å². The Bertz CT molecular complexity index is 888. The van der Waals surface area contributed by atoms with Crippen molar-refractivity contribution in [2.24, 2.45) is 5.92 Å². The van der Waals surface area contributed by atoms with E-state index in [2.05, 4.69) is 9.72 Å². The molecule has 0 aliphatic heterocycles. The van der Waals surface area contributed by atoms with Crippen LogP contribution >= 0.6 is 0 Å². The molecule has 150 valence electrons. The summed E-state index contributed by atoms with van der Waals surface area (Å²) >= 11 is 0. The lowest BCUT2D eigenvalue weighted by atomic mass is 10.1. The van der Waals surface area contributed by atoms with Crippen molar-refractivity contribution in [3.05, 3.63) is 84.7 Å². The number of rotatable bonds is 9. The quantitative estimate of drug-likeness (QED) is 0.419. The van der Waals surface area contributed by atoms with Crippen LogP contribution in [0.5, 0.6) is 5.75 Å². The molecule has 0 spiro atoms. The van der Waals surface area contributed by atoms with Crippen molar-refractivity contribution in [1.82, 2.24) is 4.98 Å². The van der Waals surface area contributed by atoms with Crippen LogP contribution in [0.15, 0.2) is 79.1 Å². The second-order valence-electron chi connectivity index (χ2n) is 6.99. The van der Waals surface area contributed by atoms with Gasteiger partial charge in [0.1, 0.15) is 5.75 Å². The Labute approximate surface area is 168 Å². The fourth-order valence-corrected chi connectivity index (χ4v) is 3.15. The van der Waals surface area contributed by atoms with Gasteiger partial charge in [0.15, 0.2) is 6.23 Å². The van der Waals surface area contributed by atoms with Crippen molar-refractivity contribution < 1.29 is 18.3 Å². The molecule has 0 saturated heterocycles. The van der Waals surface area contributed by atoms with E-state index in [9.17, 15) is 8.78 Å². The van der Waals surface area contributed by atoms with Crippen LogP contribution in [0.1, 0.15) is 24.6 Å². The average Bonchev–Trinajstić information content (AvgIpc) is 3.57. The van der Waals surface area contributed by atoms with Gasteiger partial charge in [0.05, 0.1) is 6.61 Å². The molecule has 29 heavy (non-hydrogen) atoms. The molecular formula is C23H22F2N2O2. The lowest BCUT2D eigenvalue weighted by Crippen LogP contribution is -2.27. The van der Waals surface area contributed by atoms with Gasteiger partial charge in [-0.3, -0.25) is 4.98 Å². The number of alkyl halides is 2. The molecular weight excluding hydrogens is 374 g/mol. The summed E-state index contributed by atoms with van der Waals surface area (Å²) in [4.78, 5) is 6.30. The van der Waals surface area contributed by atoms with Crippen LogP contribution in [-0.4, -0.2) is 18.2 Å². The zero-order chi connectivity index (χ0) is 20.1. The van der Waals surface area contributed by atoms with Gasteiger partial charge in [-0.1, -0.05) is 24.3 Å². The van der Waals surface area contributed by atoms with Crippen LogP contribution in [-0.2, 0) is 4.74 Å². The Morgan fingerprint density at radius 2 is 1.66 bits per heavy atom. The molecule has 4 nitrogen and oxygen atoms in total. The summed E-state index contributed by atoms with van der Waals surface area (Å²) in [6.07, 6.45) is 5.50. The lowest BCUT2D eigenvalue weighted by Gasteiger charge is -2.34. The second-order valence-corrected chi connectivity index (χ2v) is 6.99. The van der Waals surface area contributed by atoms with E-state index in [1.165, 1.54) is 12.8 Å². The van der Waals surface area contributed by atoms with Crippen molar-refractivity contribution in [3.8, 4) is 5.75 Å². The molecule has 1 aliphatic rings. The highest BCUT2D eigenvalue weighted by Crippen LogP contribution is 2.38. The number of para-hydroxylation sites is 1. The maximum absolute atomic E-state index is 12.5. The maximum Gasteiger partial charge on any atom is 0.387 e. The highest BCUT2D eigenvalue weighted by molar-refractivity contribution is 5.65. The molecule has 1 atom stereocenters. The van der Waals surface area contributed by atoms with Crippen LogP contribution in [0.4, 0.5) is 20.2 Å². The van der Waals surface area contributed by atoms with Gasteiger partial charge < -0.3 is 14.4 Å². The number of nitrogens with zero attached hydrogens (tertiary/aromatic N) is 2. The minimum Gasteiger partial charge on any atom is -0.435 e. The largest absolute Gasteiger partial charge is 0.435 e. The van der Waals surface area contributed by atoms with Crippen molar-refractivity contribution in [3.63, 3.8) is 0 Å². The number of halogens is 2. The Balaban J connectivity index is 1.71. The van der Waals surface area contributed by atoms with Gasteiger partial charge in [0, 0.05) is 29.3 Å². The third kappa shape index (κ3) is 5.09. The van der Waals surface area contributed by atoms with Crippen molar-refractivity contribution in [2.45, 2.75) is 25.7 Å². The van der Waals surface area contributed by atoms with E-state index in [1.807, 2.05) is 47.4 Å².